The van der Waals surface area contributed by atoms with Gasteiger partial charge in [0.25, 0.3) is 5.97 Å². The molecule has 20 atom stereocenters. The minimum Gasteiger partial charge on any atom is -0.387 e. The number of hydrogen-bond donors (Lipinski definition) is 4. The van der Waals surface area contributed by atoms with Crippen molar-refractivity contribution in [1.29, 1.82) is 0 Å². The van der Waals surface area contributed by atoms with E-state index in [2.05, 4.69) is 18.7 Å². The molecule has 4 N–H and O–H groups in total. The summed E-state index contributed by atoms with van der Waals surface area (Å²) in [5.41, 5.74) is -3.29. The Morgan fingerprint density at radius 2 is 1.48 bits per heavy atom. The first kappa shape index (κ1) is 43.1. The number of ether oxygens (including phenoxy) is 8. The second-order valence-electron chi connectivity index (χ2n) is 18.6. The third kappa shape index (κ3) is 7.95. The molecule has 6 rings (SSSR count). The van der Waals surface area contributed by atoms with Gasteiger partial charge in [0.05, 0.1) is 59.8 Å². The average molecular weight is 772 g/mol. The summed E-state index contributed by atoms with van der Waals surface area (Å²) in [5.74, 6) is -3.86. The lowest BCUT2D eigenvalue weighted by molar-refractivity contribution is -0.481. The van der Waals surface area contributed by atoms with Crippen LogP contribution in [0.3, 0.4) is 0 Å². The van der Waals surface area contributed by atoms with Gasteiger partial charge in [-0.05, 0) is 85.7 Å². The standard InChI is InChI=1S/C41H73NO12/c1-12-29-40(10,45)36-24(4)32-22(2)20-39(9,53-32)35(51-37-31(43)28(19-23(3)48-37)42-17-15-13-14-16-18-42)25(5)33(26(6)41(46,52-29)54-36)50-30-21-38(8,47-11)34(44)27(7)49-30/h22-37,43-46H,12-21H2,1-11H3/t22-,23?,24-,25-,26+,27?,28?,29+,30-,31?,32?,33-,34-,35+,36+,37-,38?,39+,40+,41-/m0/s1. The minimum atomic E-state index is -2.17. The molecule has 0 saturated carbocycles. The molecule has 0 radical (unpaired) electrons. The van der Waals surface area contributed by atoms with E-state index in [-0.39, 0.29) is 36.5 Å². The molecule has 6 aliphatic rings. The summed E-state index contributed by atoms with van der Waals surface area (Å²) < 4.78 is 52.9. The average Bonchev–Trinajstić information content (AvgIpc) is 3.25. The third-order valence-corrected chi connectivity index (χ3v) is 14.3. The Kier molecular flexibility index (Phi) is 13.0. The quantitative estimate of drug-likeness (QED) is 0.294. The van der Waals surface area contributed by atoms with E-state index >= 15 is 0 Å². The molecule has 13 heteroatoms. The number of rotatable bonds is 7. The molecule has 13 nitrogen and oxygen atoms in total. The van der Waals surface area contributed by atoms with Crippen molar-refractivity contribution in [3.8, 4) is 0 Å². The lowest BCUT2D eigenvalue weighted by Crippen LogP contribution is -2.69. The zero-order valence-electron chi connectivity index (χ0n) is 34.8. The van der Waals surface area contributed by atoms with Crippen molar-refractivity contribution in [2.75, 3.05) is 20.2 Å². The van der Waals surface area contributed by atoms with E-state index in [1.807, 2.05) is 41.5 Å². The molecule has 4 bridgehead atoms. The van der Waals surface area contributed by atoms with E-state index in [9.17, 15) is 20.4 Å². The minimum absolute atomic E-state index is 0.0299. The van der Waals surface area contributed by atoms with Crippen LogP contribution in [-0.2, 0) is 37.9 Å². The molecule has 0 aromatic heterocycles. The van der Waals surface area contributed by atoms with Gasteiger partial charge in [0, 0.05) is 31.4 Å². The Morgan fingerprint density at radius 1 is 0.815 bits per heavy atom. The molecule has 6 aliphatic heterocycles. The highest BCUT2D eigenvalue weighted by molar-refractivity contribution is 5.07. The van der Waals surface area contributed by atoms with Crippen molar-refractivity contribution in [2.45, 2.75) is 217 Å². The van der Waals surface area contributed by atoms with Crippen LogP contribution in [0.15, 0.2) is 0 Å². The summed E-state index contributed by atoms with van der Waals surface area (Å²) in [6, 6.07) is -0.116. The summed E-state index contributed by atoms with van der Waals surface area (Å²) >= 11 is 0. The Labute approximate surface area is 323 Å². The zero-order valence-corrected chi connectivity index (χ0v) is 34.8. The van der Waals surface area contributed by atoms with E-state index in [1.165, 1.54) is 12.8 Å². The fourth-order valence-electron chi connectivity index (χ4n) is 11.1. The van der Waals surface area contributed by atoms with Crippen molar-refractivity contribution in [2.24, 2.45) is 23.7 Å². The van der Waals surface area contributed by atoms with Gasteiger partial charge < -0.3 is 58.3 Å². The number of hydrogen-bond acceptors (Lipinski definition) is 13. The van der Waals surface area contributed by atoms with Crippen LogP contribution in [-0.4, -0.2) is 142 Å². The highest BCUT2D eigenvalue weighted by atomic mass is 16.8. The van der Waals surface area contributed by atoms with Gasteiger partial charge in [-0.25, -0.2) is 0 Å². The van der Waals surface area contributed by atoms with Crippen molar-refractivity contribution >= 4 is 0 Å². The Balaban J connectivity index is 1.42. The van der Waals surface area contributed by atoms with Crippen molar-refractivity contribution in [3.05, 3.63) is 0 Å². The molecular formula is C41H73NO12. The van der Waals surface area contributed by atoms with Gasteiger partial charge in [-0.2, -0.15) is 0 Å². The number of methoxy groups -OCH3 is 1. The number of nitrogens with zero attached hydrogens (tertiary/aromatic N) is 1. The molecule has 6 saturated heterocycles. The topological polar surface area (TPSA) is 158 Å². The number of likely N-dealkylation sites (tertiary alicyclic amines) is 1. The molecule has 6 unspecified atom stereocenters. The molecule has 0 aliphatic carbocycles. The summed E-state index contributed by atoms with van der Waals surface area (Å²) in [6.45, 7) is 21.2. The summed E-state index contributed by atoms with van der Waals surface area (Å²) in [4.78, 5) is 2.42. The van der Waals surface area contributed by atoms with E-state index in [0.717, 1.165) is 25.9 Å². The van der Waals surface area contributed by atoms with E-state index < -0.39 is 89.9 Å². The predicted octanol–water partition coefficient (Wildman–Crippen LogP) is 4.09. The van der Waals surface area contributed by atoms with Gasteiger partial charge in [0.1, 0.15) is 17.8 Å². The number of aliphatic hydroxyl groups excluding tert-OH is 2. The van der Waals surface area contributed by atoms with Crippen LogP contribution in [0.2, 0.25) is 0 Å². The zero-order chi connectivity index (χ0) is 39.5. The maximum absolute atomic E-state index is 12.6. The van der Waals surface area contributed by atoms with E-state index in [4.69, 9.17) is 37.9 Å². The van der Waals surface area contributed by atoms with Gasteiger partial charge in [-0.15, -0.1) is 0 Å². The SMILES string of the molecule is CC[C@H]1O[C@]2(O)O[C@H]([C@@H](C)C3O[C@](C)(C[C@@H]3C)[C@H](O[C@@H]3OC(C)CC(N4CCCCCC4)C3O)[C@@H](C)[C@H](O[C@H]3CC(C)(OC)[C@@H](O)C(C)O3)[C@H]2C)[C@]1(C)O. The van der Waals surface area contributed by atoms with Crippen LogP contribution < -0.4 is 0 Å². The summed E-state index contributed by atoms with van der Waals surface area (Å²) in [7, 11) is 1.57. The van der Waals surface area contributed by atoms with E-state index in [0.29, 0.717) is 19.3 Å². The van der Waals surface area contributed by atoms with Crippen LogP contribution in [0.4, 0.5) is 0 Å². The second-order valence-corrected chi connectivity index (χ2v) is 18.6. The maximum atomic E-state index is 12.6. The smallest absolute Gasteiger partial charge is 0.286 e. The Bertz CT molecular complexity index is 1250. The first-order valence-electron chi connectivity index (χ1n) is 21.0. The lowest BCUT2D eigenvalue weighted by atomic mass is 9.74. The van der Waals surface area contributed by atoms with Gasteiger partial charge in [-0.3, -0.25) is 4.90 Å². The Morgan fingerprint density at radius 3 is 2.11 bits per heavy atom. The van der Waals surface area contributed by atoms with Gasteiger partial charge >= 0.3 is 0 Å². The monoisotopic (exact) mass is 772 g/mol. The largest absolute Gasteiger partial charge is 0.387 e. The first-order valence-corrected chi connectivity index (χ1v) is 21.0. The molecule has 6 fully saturated rings. The molecule has 314 valence electrons. The predicted molar refractivity (Wildman–Crippen MR) is 199 cm³/mol. The highest BCUT2D eigenvalue weighted by Gasteiger charge is 2.64. The molecule has 0 amide bonds. The second kappa shape index (κ2) is 16.3. The fraction of sp³-hybridized carbons (Fsp3) is 1.00. The normalized spacial score (nSPS) is 55.2. The summed E-state index contributed by atoms with van der Waals surface area (Å²) in [6.07, 6.45) is -1.26. The third-order valence-electron chi connectivity index (χ3n) is 14.3. The maximum Gasteiger partial charge on any atom is 0.286 e. The number of aliphatic hydroxyl groups is 4. The molecule has 6 heterocycles. The molecule has 54 heavy (non-hydrogen) atoms. The van der Waals surface area contributed by atoms with E-state index in [1.54, 1.807) is 21.0 Å². The molecule has 0 spiro atoms. The highest BCUT2D eigenvalue weighted by Crippen LogP contribution is 2.52. The van der Waals surface area contributed by atoms with Crippen molar-refractivity contribution < 1.29 is 58.3 Å². The van der Waals surface area contributed by atoms with Crippen molar-refractivity contribution in [3.63, 3.8) is 0 Å². The Hall–Kier alpha value is -0.520. The van der Waals surface area contributed by atoms with Gasteiger partial charge in [-0.1, -0.05) is 47.5 Å². The van der Waals surface area contributed by atoms with Crippen LogP contribution >= 0.6 is 0 Å². The number of fused-ring (bicyclic) bond motifs is 4. The van der Waals surface area contributed by atoms with Crippen molar-refractivity contribution in [1.82, 2.24) is 4.90 Å². The lowest BCUT2D eigenvalue weighted by Gasteiger charge is -2.55. The van der Waals surface area contributed by atoms with Crippen LogP contribution in [0, 0.1) is 23.7 Å². The van der Waals surface area contributed by atoms with Crippen LogP contribution in [0.1, 0.15) is 121 Å². The van der Waals surface area contributed by atoms with Crippen LogP contribution in [0.25, 0.3) is 0 Å². The molecule has 0 aromatic rings. The molecular weight excluding hydrogens is 698 g/mol. The fourth-order valence-corrected chi connectivity index (χ4v) is 11.1. The summed E-state index contributed by atoms with van der Waals surface area (Å²) in [5, 5.41) is 47.8. The molecule has 0 aromatic carbocycles. The first-order chi connectivity index (χ1) is 25.3. The van der Waals surface area contributed by atoms with Crippen LogP contribution in [0.5, 0.6) is 0 Å². The van der Waals surface area contributed by atoms with Gasteiger partial charge in [0.15, 0.2) is 12.6 Å². The van der Waals surface area contributed by atoms with Gasteiger partial charge in [0.2, 0.25) is 0 Å².